The number of hydrogen-bond acceptors (Lipinski definition) is 2. The first-order chi connectivity index (χ1) is 6.83. The summed E-state index contributed by atoms with van der Waals surface area (Å²) in [6, 6.07) is 6.14. The van der Waals surface area contributed by atoms with Crippen molar-refractivity contribution in [1.29, 1.82) is 0 Å². The van der Waals surface area contributed by atoms with E-state index in [9.17, 15) is 0 Å². The van der Waals surface area contributed by atoms with Crippen LogP contribution in [-0.2, 0) is 0 Å². The summed E-state index contributed by atoms with van der Waals surface area (Å²) in [4.78, 5) is 0. The molecule has 0 aromatic heterocycles. The van der Waals surface area contributed by atoms with Crippen LogP contribution in [0, 0.1) is 0 Å². The third-order valence-corrected chi connectivity index (χ3v) is 3.29. The van der Waals surface area contributed by atoms with E-state index in [1.807, 2.05) is 19.2 Å². The first kappa shape index (κ1) is 9.99. The highest BCUT2D eigenvalue weighted by Gasteiger charge is 2.22. The summed E-state index contributed by atoms with van der Waals surface area (Å²) >= 11 is 3.58. The lowest BCUT2D eigenvalue weighted by atomic mass is 9.93. The van der Waals surface area contributed by atoms with Gasteiger partial charge in [-0.25, -0.2) is 0 Å². The smallest absolute Gasteiger partial charge is 0.123 e. The van der Waals surface area contributed by atoms with Gasteiger partial charge in [0, 0.05) is 22.5 Å². The van der Waals surface area contributed by atoms with E-state index in [2.05, 4.69) is 27.3 Å². The van der Waals surface area contributed by atoms with Crippen LogP contribution in [-0.4, -0.2) is 20.2 Å². The second kappa shape index (κ2) is 4.32. The molecule has 1 atom stereocenters. The summed E-state index contributed by atoms with van der Waals surface area (Å²) in [7, 11) is 1.99. The number of fused-ring (bicyclic) bond motifs is 1. The Morgan fingerprint density at radius 2 is 2.43 bits per heavy atom. The van der Waals surface area contributed by atoms with Gasteiger partial charge >= 0.3 is 0 Å². The Bertz CT molecular complexity index is 327. The molecular formula is C11H14BrNO. The van der Waals surface area contributed by atoms with Gasteiger partial charge in [0.1, 0.15) is 5.75 Å². The molecule has 1 aliphatic heterocycles. The van der Waals surface area contributed by atoms with Crippen molar-refractivity contribution < 1.29 is 4.74 Å². The van der Waals surface area contributed by atoms with E-state index in [0.717, 1.165) is 29.8 Å². The lowest BCUT2D eigenvalue weighted by molar-refractivity contribution is 0.265. The van der Waals surface area contributed by atoms with Crippen molar-refractivity contribution in [2.75, 3.05) is 20.2 Å². The molecule has 1 aliphatic rings. The molecule has 1 aromatic carbocycles. The van der Waals surface area contributed by atoms with Crippen molar-refractivity contribution in [3.63, 3.8) is 0 Å². The number of halogens is 1. The van der Waals surface area contributed by atoms with Gasteiger partial charge in [0.2, 0.25) is 0 Å². The fraction of sp³-hybridized carbons (Fsp3) is 0.455. The SMILES string of the molecule is CNCC1CCOc2cccc(Br)c21. The molecule has 0 radical (unpaired) electrons. The minimum Gasteiger partial charge on any atom is -0.493 e. The van der Waals surface area contributed by atoms with Crippen LogP contribution in [0.2, 0.25) is 0 Å². The van der Waals surface area contributed by atoms with Crippen LogP contribution in [0.3, 0.4) is 0 Å². The number of ether oxygens (including phenoxy) is 1. The van der Waals surface area contributed by atoms with Gasteiger partial charge in [-0.1, -0.05) is 22.0 Å². The number of rotatable bonds is 2. The van der Waals surface area contributed by atoms with Gasteiger partial charge in [0.15, 0.2) is 0 Å². The maximum atomic E-state index is 5.62. The maximum Gasteiger partial charge on any atom is 0.123 e. The predicted molar refractivity (Wildman–Crippen MR) is 60.9 cm³/mol. The third-order valence-electron chi connectivity index (χ3n) is 2.60. The molecule has 0 spiro atoms. The molecule has 1 aromatic rings. The van der Waals surface area contributed by atoms with Gasteiger partial charge in [0.05, 0.1) is 6.61 Å². The molecule has 0 aliphatic carbocycles. The van der Waals surface area contributed by atoms with Gasteiger partial charge in [-0.3, -0.25) is 0 Å². The molecule has 2 nitrogen and oxygen atoms in total. The molecule has 0 saturated heterocycles. The lowest BCUT2D eigenvalue weighted by Gasteiger charge is -2.26. The van der Waals surface area contributed by atoms with Gasteiger partial charge in [-0.05, 0) is 25.6 Å². The largest absolute Gasteiger partial charge is 0.493 e. The molecule has 76 valence electrons. The topological polar surface area (TPSA) is 21.3 Å². The Balaban J connectivity index is 2.36. The van der Waals surface area contributed by atoms with E-state index in [4.69, 9.17) is 4.74 Å². The standard InChI is InChI=1S/C11H14BrNO/c1-13-7-8-5-6-14-10-4-2-3-9(12)11(8)10/h2-4,8,13H,5-7H2,1H3. The van der Waals surface area contributed by atoms with Gasteiger partial charge in [-0.2, -0.15) is 0 Å². The van der Waals surface area contributed by atoms with E-state index in [1.54, 1.807) is 0 Å². The molecule has 1 unspecified atom stereocenters. The number of nitrogens with one attached hydrogen (secondary N) is 1. The molecular weight excluding hydrogens is 242 g/mol. The molecule has 0 amide bonds. The highest BCUT2D eigenvalue weighted by Crippen LogP contribution is 2.38. The van der Waals surface area contributed by atoms with E-state index in [1.165, 1.54) is 5.56 Å². The van der Waals surface area contributed by atoms with Crippen molar-refractivity contribution in [2.45, 2.75) is 12.3 Å². The molecule has 3 heteroatoms. The average molecular weight is 256 g/mol. The van der Waals surface area contributed by atoms with Crippen LogP contribution in [0.25, 0.3) is 0 Å². The second-order valence-corrected chi connectivity index (χ2v) is 4.40. The van der Waals surface area contributed by atoms with Crippen molar-refractivity contribution in [3.8, 4) is 5.75 Å². The average Bonchev–Trinajstić information content (AvgIpc) is 2.19. The monoisotopic (exact) mass is 255 g/mol. The quantitative estimate of drug-likeness (QED) is 0.877. The second-order valence-electron chi connectivity index (χ2n) is 3.54. The molecule has 1 heterocycles. The van der Waals surface area contributed by atoms with Crippen LogP contribution >= 0.6 is 15.9 Å². The molecule has 1 N–H and O–H groups in total. The fourth-order valence-corrected chi connectivity index (χ4v) is 2.62. The van der Waals surface area contributed by atoms with Gasteiger partial charge in [-0.15, -0.1) is 0 Å². The normalized spacial score (nSPS) is 20.0. The first-order valence-corrected chi connectivity index (χ1v) is 5.68. The summed E-state index contributed by atoms with van der Waals surface area (Å²) in [5.74, 6) is 1.60. The molecule has 0 fully saturated rings. The molecule has 0 bridgehead atoms. The summed E-state index contributed by atoms with van der Waals surface area (Å²) in [6.07, 6.45) is 1.09. The summed E-state index contributed by atoms with van der Waals surface area (Å²) in [5, 5.41) is 3.23. The Morgan fingerprint density at radius 1 is 1.57 bits per heavy atom. The lowest BCUT2D eigenvalue weighted by Crippen LogP contribution is -2.23. The van der Waals surface area contributed by atoms with Crippen molar-refractivity contribution in [2.24, 2.45) is 0 Å². The van der Waals surface area contributed by atoms with Crippen molar-refractivity contribution in [1.82, 2.24) is 5.32 Å². The van der Waals surface area contributed by atoms with Crippen LogP contribution < -0.4 is 10.1 Å². The van der Waals surface area contributed by atoms with E-state index in [0.29, 0.717) is 5.92 Å². The number of hydrogen-bond donors (Lipinski definition) is 1. The van der Waals surface area contributed by atoms with Crippen LogP contribution in [0.15, 0.2) is 22.7 Å². The first-order valence-electron chi connectivity index (χ1n) is 4.88. The van der Waals surface area contributed by atoms with Crippen LogP contribution in [0.1, 0.15) is 17.9 Å². The fourth-order valence-electron chi connectivity index (χ4n) is 1.95. The maximum absolute atomic E-state index is 5.62. The minimum atomic E-state index is 0.569. The van der Waals surface area contributed by atoms with E-state index >= 15 is 0 Å². The van der Waals surface area contributed by atoms with E-state index < -0.39 is 0 Å². The molecule has 14 heavy (non-hydrogen) atoms. The van der Waals surface area contributed by atoms with Crippen LogP contribution in [0.5, 0.6) is 5.75 Å². The zero-order chi connectivity index (χ0) is 9.97. The number of likely N-dealkylation sites (N-methyl/N-ethyl adjacent to an activating group) is 1. The van der Waals surface area contributed by atoms with Crippen molar-refractivity contribution in [3.05, 3.63) is 28.2 Å². The zero-order valence-corrected chi connectivity index (χ0v) is 9.80. The molecule has 2 rings (SSSR count). The van der Waals surface area contributed by atoms with Gasteiger partial charge in [0.25, 0.3) is 0 Å². The predicted octanol–water partition coefficient (Wildman–Crippen LogP) is 2.53. The summed E-state index contributed by atoms with van der Waals surface area (Å²) in [6.45, 7) is 1.84. The number of benzene rings is 1. The summed E-state index contributed by atoms with van der Waals surface area (Å²) in [5.41, 5.74) is 1.31. The van der Waals surface area contributed by atoms with E-state index in [-0.39, 0.29) is 0 Å². The minimum absolute atomic E-state index is 0.569. The Kier molecular flexibility index (Phi) is 3.08. The Labute approximate surface area is 92.8 Å². The highest BCUT2D eigenvalue weighted by atomic mass is 79.9. The van der Waals surface area contributed by atoms with Gasteiger partial charge < -0.3 is 10.1 Å². The third kappa shape index (κ3) is 1.79. The summed E-state index contributed by atoms with van der Waals surface area (Å²) < 4.78 is 6.79. The zero-order valence-electron chi connectivity index (χ0n) is 8.22. The Morgan fingerprint density at radius 3 is 3.21 bits per heavy atom. The molecule has 0 saturated carbocycles. The van der Waals surface area contributed by atoms with Crippen molar-refractivity contribution >= 4 is 15.9 Å². The Hall–Kier alpha value is -0.540. The highest BCUT2D eigenvalue weighted by molar-refractivity contribution is 9.10. The van der Waals surface area contributed by atoms with Crippen LogP contribution in [0.4, 0.5) is 0 Å².